The van der Waals surface area contributed by atoms with Crippen molar-refractivity contribution < 1.29 is 4.42 Å². The SMILES string of the molecule is Cc1nnc(CNC2CC(C)(C)CC(C)(C)C2)o1. The van der Waals surface area contributed by atoms with Crippen LogP contribution in [0.5, 0.6) is 0 Å². The molecule has 1 aliphatic carbocycles. The van der Waals surface area contributed by atoms with Crippen LogP contribution in [0.1, 0.15) is 58.7 Å². The average Bonchev–Trinajstić information content (AvgIpc) is 2.56. The highest BCUT2D eigenvalue weighted by molar-refractivity contribution is 4.93. The molecule has 0 unspecified atom stereocenters. The Kier molecular flexibility index (Phi) is 3.49. The topological polar surface area (TPSA) is 51.0 Å². The van der Waals surface area contributed by atoms with Crippen molar-refractivity contribution in [2.24, 2.45) is 10.8 Å². The standard InChI is InChI=1S/C14H25N3O/c1-10-16-17-12(18-10)8-15-11-6-13(2,3)9-14(4,5)7-11/h11,15H,6-9H2,1-5H3. The van der Waals surface area contributed by atoms with Crippen LogP contribution in [0.25, 0.3) is 0 Å². The third-order valence-corrected chi connectivity index (χ3v) is 3.66. The fourth-order valence-electron chi connectivity index (χ4n) is 3.63. The average molecular weight is 251 g/mol. The van der Waals surface area contributed by atoms with Gasteiger partial charge < -0.3 is 9.73 Å². The third-order valence-electron chi connectivity index (χ3n) is 3.66. The summed E-state index contributed by atoms with van der Waals surface area (Å²) in [4.78, 5) is 0. The van der Waals surface area contributed by atoms with Crippen LogP contribution in [0.3, 0.4) is 0 Å². The molecule has 0 saturated heterocycles. The fourth-order valence-corrected chi connectivity index (χ4v) is 3.63. The van der Waals surface area contributed by atoms with Crippen LogP contribution in [-0.2, 0) is 6.54 Å². The highest BCUT2D eigenvalue weighted by Crippen LogP contribution is 2.45. The van der Waals surface area contributed by atoms with Gasteiger partial charge in [-0.1, -0.05) is 27.7 Å². The molecule has 0 bridgehead atoms. The molecular weight excluding hydrogens is 226 g/mol. The minimum absolute atomic E-state index is 0.407. The summed E-state index contributed by atoms with van der Waals surface area (Å²) in [7, 11) is 0. The zero-order valence-electron chi connectivity index (χ0n) is 12.2. The van der Waals surface area contributed by atoms with Gasteiger partial charge in [-0.15, -0.1) is 10.2 Å². The first kappa shape index (κ1) is 13.5. The Labute approximate surface area is 110 Å². The van der Waals surface area contributed by atoms with Crippen molar-refractivity contribution in [3.63, 3.8) is 0 Å². The van der Waals surface area contributed by atoms with Gasteiger partial charge in [-0.05, 0) is 30.1 Å². The van der Waals surface area contributed by atoms with E-state index in [9.17, 15) is 0 Å². The van der Waals surface area contributed by atoms with Crippen molar-refractivity contribution in [3.05, 3.63) is 11.8 Å². The Morgan fingerprint density at radius 1 is 1.17 bits per heavy atom. The van der Waals surface area contributed by atoms with Crippen molar-refractivity contribution in [2.75, 3.05) is 0 Å². The first-order valence-electron chi connectivity index (χ1n) is 6.78. The van der Waals surface area contributed by atoms with Crippen LogP contribution >= 0.6 is 0 Å². The maximum Gasteiger partial charge on any atom is 0.230 e. The summed E-state index contributed by atoms with van der Waals surface area (Å²) < 4.78 is 5.39. The van der Waals surface area contributed by atoms with Crippen molar-refractivity contribution in [3.8, 4) is 0 Å². The highest BCUT2D eigenvalue weighted by Gasteiger charge is 2.38. The van der Waals surface area contributed by atoms with Crippen LogP contribution in [0.2, 0.25) is 0 Å². The number of nitrogens with one attached hydrogen (secondary N) is 1. The van der Waals surface area contributed by atoms with Crippen molar-refractivity contribution in [1.82, 2.24) is 15.5 Å². The zero-order chi connectivity index (χ0) is 13.4. The Morgan fingerprint density at radius 2 is 1.78 bits per heavy atom. The minimum atomic E-state index is 0.407. The highest BCUT2D eigenvalue weighted by atomic mass is 16.4. The normalized spacial score (nSPS) is 23.2. The number of hydrogen-bond acceptors (Lipinski definition) is 4. The molecule has 0 aliphatic heterocycles. The fraction of sp³-hybridized carbons (Fsp3) is 0.857. The molecule has 4 heteroatoms. The predicted octanol–water partition coefficient (Wildman–Crippen LogP) is 3.07. The second-order valence-corrected chi connectivity index (χ2v) is 7.21. The number of aromatic nitrogens is 2. The van der Waals surface area contributed by atoms with E-state index in [1.54, 1.807) is 0 Å². The molecule has 0 radical (unpaired) electrons. The Hall–Kier alpha value is -0.900. The molecule has 18 heavy (non-hydrogen) atoms. The number of hydrogen-bond donors (Lipinski definition) is 1. The van der Waals surface area contributed by atoms with Crippen LogP contribution < -0.4 is 5.32 Å². The molecule has 0 atom stereocenters. The van der Waals surface area contributed by atoms with Gasteiger partial charge in [0, 0.05) is 13.0 Å². The van der Waals surface area contributed by atoms with Crippen molar-refractivity contribution >= 4 is 0 Å². The van der Waals surface area contributed by atoms with Gasteiger partial charge in [-0.3, -0.25) is 0 Å². The molecular formula is C14H25N3O. The second-order valence-electron chi connectivity index (χ2n) is 7.21. The van der Waals surface area contributed by atoms with Gasteiger partial charge in [0.2, 0.25) is 11.8 Å². The number of nitrogens with zero attached hydrogens (tertiary/aromatic N) is 2. The molecule has 102 valence electrons. The van der Waals surface area contributed by atoms with Crippen molar-refractivity contribution in [1.29, 1.82) is 0 Å². The molecule has 2 rings (SSSR count). The third kappa shape index (κ3) is 3.55. The molecule has 0 aromatic carbocycles. The molecule has 1 aromatic heterocycles. The lowest BCUT2D eigenvalue weighted by molar-refractivity contribution is 0.0834. The van der Waals surface area contributed by atoms with E-state index in [-0.39, 0.29) is 0 Å². The number of aryl methyl sites for hydroxylation is 1. The van der Waals surface area contributed by atoms with Crippen LogP contribution in [0.15, 0.2) is 4.42 Å². The lowest BCUT2D eigenvalue weighted by atomic mass is 9.63. The van der Waals surface area contributed by atoms with Crippen LogP contribution in [-0.4, -0.2) is 16.2 Å². The summed E-state index contributed by atoms with van der Waals surface area (Å²) in [6.07, 6.45) is 3.71. The Balaban J connectivity index is 1.93. The quantitative estimate of drug-likeness (QED) is 0.897. The second kappa shape index (κ2) is 4.65. The molecule has 1 heterocycles. The largest absolute Gasteiger partial charge is 0.424 e. The molecule has 1 aromatic rings. The van der Waals surface area contributed by atoms with Gasteiger partial charge in [0.1, 0.15) is 0 Å². The Morgan fingerprint density at radius 3 is 2.28 bits per heavy atom. The zero-order valence-corrected chi connectivity index (χ0v) is 12.2. The van der Waals surface area contributed by atoms with E-state index in [0.717, 1.165) is 0 Å². The summed E-state index contributed by atoms with van der Waals surface area (Å²) in [5.74, 6) is 1.32. The summed E-state index contributed by atoms with van der Waals surface area (Å²) >= 11 is 0. The van der Waals surface area contributed by atoms with Gasteiger partial charge in [0.05, 0.1) is 6.54 Å². The van der Waals surface area contributed by atoms with Gasteiger partial charge in [-0.25, -0.2) is 0 Å². The Bertz CT molecular complexity index is 393. The summed E-state index contributed by atoms with van der Waals surface area (Å²) in [6, 6.07) is 0.538. The van der Waals surface area contributed by atoms with E-state index < -0.39 is 0 Å². The van der Waals surface area contributed by atoms with Crippen LogP contribution in [0, 0.1) is 17.8 Å². The predicted molar refractivity (Wildman–Crippen MR) is 71.1 cm³/mol. The van der Waals surface area contributed by atoms with E-state index in [2.05, 4.69) is 43.2 Å². The first-order chi connectivity index (χ1) is 8.26. The summed E-state index contributed by atoms with van der Waals surface area (Å²) in [5, 5.41) is 11.4. The lowest BCUT2D eigenvalue weighted by Gasteiger charge is -2.45. The molecule has 1 fully saturated rings. The number of rotatable bonds is 3. The van der Waals surface area contributed by atoms with E-state index in [1.807, 2.05) is 6.92 Å². The maximum absolute atomic E-state index is 5.39. The van der Waals surface area contributed by atoms with Gasteiger partial charge >= 0.3 is 0 Å². The molecule has 0 spiro atoms. The first-order valence-corrected chi connectivity index (χ1v) is 6.78. The molecule has 0 amide bonds. The minimum Gasteiger partial charge on any atom is -0.424 e. The molecule has 4 nitrogen and oxygen atoms in total. The lowest BCUT2D eigenvalue weighted by Crippen LogP contribution is -2.43. The smallest absolute Gasteiger partial charge is 0.230 e. The van der Waals surface area contributed by atoms with E-state index >= 15 is 0 Å². The van der Waals surface area contributed by atoms with E-state index in [1.165, 1.54) is 19.3 Å². The van der Waals surface area contributed by atoms with Gasteiger partial charge in [-0.2, -0.15) is 0 Å². The van der Waals surface area contributed by atoms with Gasteiger partial charge in [0.25, 0.3) is 0 Å². The van der Waals surface area contributed by atoms with Gasteiger partial charge in [0.15, 0.2) is 0 Å². The summed E-state index contributed by atoms with van der Waals surface area (Å²) in [5.41, 5.74) is 0.814. The van der Waals surface area contributed by atoms with Crippen LogP contribution in [0.4, 0.5) is 0 Å². The maximum atomic E-state index is 5.39. The molecule has 1 aliphatic rings. The monoisotopic (exact) mass is 251 g/mol. The van der Waals surface area contributed by atoms with E-state index in [0.29, 0.717) is 35.2 Å². The van der Waals surface area contributed by atoms with Crippen molar-refractivity contribution in [2.45, 2.75) is 66.5 Å². The summed E-state index contributed by atoms with van der Waals surface area (Å²) in [6.45, 7) is 11.9. The molecule has 1 saturated carbocycles. The van der Waals surface area contributed by atoms with E-state index in [4.69, 9.17) is 4.42 Å². The molecule has 1 N–H and O–H groups in total.